The molecule has 0 aliphatic heterocycles. The molecule has 0 saturated heterocycles. The van der Waals surface area contributed by atoms with Gasteiger partial charge in [0.2, 0.25) is 11.0 Å². The number of benzene rings is 1. The third-order valence-electron chi connectivity index (χ3n) is 3.88. The van der Waals surface area contributed by atoms with E-state index in [4.69, 9.17) is 0 Å². The molecule has 0 aliphatic rings. The summed E-state index contributed by atoms with van der Waals surface area (Å²) in [5, 5.41) is 15.2. The highest BCUT2D eigenvalue weighted by atomic mass is 32.2. The van der Waals surface area contributed by atoms with Crippen molar-refractivity contribution in [1.29, 1.82) is 0 Å². The van der Waals surface area contributed by atoms with Crippen molar-refractivity contribution in [2.45, 2.75) is 45.0 Å². The lowest BCUT2D eigenvalue weighted by molar-refractivity contribution is -0.119. The highest BCUT2D eigenvalue weighted by molar-refractivity contribution is 8.01. The zero-order valence-corrected chi connectivity index (χ0v) is 16.3. The standard InChI is InChI=1S/C17H24N4OS2/c1-10(2)13(5)18-15(22)9-23-17-21-20-16(24-17)19-14-7-6-11(3)12(4)8-14/h6-8,10,13H,9H2,1-5H3,(H,18,22)(H,19,20)/t13-/m1/s1. The minimum absolute atomic E-state index is 0.0278. The van der Waals surface area contributed by atoms with E-state index >= 15 is 0 Å². The second kappa shape index (κ2) is 8.48. The number of rotatable bonds is 7. The number of hydrogen-bond acceptors (Lipinski definition) is 6. The van der Waals surface area contributed by atoms with Crippen LogP contribution in [0.1, 0.15) is 31.9 Å². The maximum Gasteiger partial charge on any atom is 0.230 e. The molecular weight excluding hydrogens is 340 g/mol. The minimum atomic E-state index is 0.0278. The first kappa shape index (κ1) is 18.7. The second-order valence-electron chi connectivity index (χ2n) is 6.19. The first-order valence-corrected chi connectivity index (χ1v) is 9.75. The van der Waals surface area contributed by atoms with Crippen molar-refractivity contribution in [1.82, 2.24) is 15.5 Å². The van der Waals surface area contributed by atoms with Crippen LogP contribution in [0.15, 0.2) is 22.5 Å². The molecule has 7 heteroatoms. The Bertz CT molecular complexity index is 700. The van der Waals surface area contributed by atoms with E-state index in [0.717, 1.165) is 15.2 Å². The summed E-state index contributed by atoms with van der Waals surface area (Å²) >= 11 is 2.87. The number of anilines is 2. The van der Waals surface area contributed by atoms with Crippen molar-refractivity contribution in [2.75, 3.05) is 11.1 Å². The molecule has 2 rings (SSSR count). The van der Waals surface area contributed by atoms with Crippen molar-refractivity contribution in [2.24, 2.45) is 5.92 Å². The van der Waals surface area contributed by atoms with E-state index in [2.05, 4.69) is 60.7 Å². The highest BCUT2D eigenvalue weighted by Crippen LogP contribution is 2.28. The lowest BCUT2D eigenvalue weighted by Gasteiger charge is -2.16. The molecule has 1 amide bonds. The van der Waals surface area contributed by atoms with Crippen LogP contribution >= 0.6 is 23.1 Å². The molecule has 1 aromatic heterocycles. The number of carbonyl (C=O) groups is 1. The maximum absolute atomic E-state index is 11.9. The monoisotopic (exact) mass is 364 g/mol. The Kier molecular flexibility index (Phi) is 6.62. The molecule has 2 aromatic rings. The third-order valence-corrected chi connectivity index (χ3v) is 5.85. The zero-order valence-electron chi connectivity index (χ0n) is 14.7. The molecule has 130 valence electrons. The summed E-state index contributed by atoms with van der Waals surface area (Å²) in [7, 11) is 0. The summed E-state index contributed by atoms with van der Waals surface area (Å²) in [6, 6.07) is 6.37. The van der Waals surface area contributed by atoms with E-state index in [1.807, 2.05) is 13.0 Å². The predicted molar refractivity (Wildman–Crippen MR) is 102 cm³/mol. The molecule has 24 heavy (non-hydrogen) atoms. The molecule has 5 nitrogen and oxygen atoms in total. The van der Waals surface area contributed by atoms with E-state index in [9.17, 15) is 4.79 Å². The van der Waals surface area contributed by atoms with Crippen molar-refractivity contribution in [3.63, 3.8) is 0 Å². The zero-order chi connectivity index (χ0) is 17.7. The van der Waals surface area contributed by atoms with Gasteiger partial charge in [0.1, 0.15) is 0 Å². The SMILES string of the molecule is Cc1ccc(Nc2nnc(SCC(=O)N[C@H](C)C(C)C)s2)cc1C. The number of aromatic nitrogens is 2. The topological polar surface area (TPSA) is 66.9 Å². The van der Waals surface area contributed by atoms with Crippen LogP contribution in [0.4, 0.5) is 10.8 Å². The normalized spacial score (nSPS) is 12.2. The largest absolute Gasteiger partial charge is 0.353 e. The third kappa shape index (κ3) is 5.49. The Morgan fingerprint density at radius 1 is 1.21 bits per heavy atom. The van der Waals surface area contributed by atoms with Gasteiger partial charge in [0.25, 0.3) is 0 Å². The lowest BCUT2D eigenvalue weighted by Crippen LogP contribution is -2.37. The van der Waals surface area contributed by atoms with Crippen molar-refractivity contribution in [3.05, 3.63) is 29.3 Å². The van der Waals surface area contributed by atoms with E-state index in [0.29, 0.717) is 11.7 Å². The number of nitrogens with zero attached hydrogens (tertiary/aromatic N) is 2. The average Bonchev–Trinajstić information content (AvgIpc) is 2.96. The number of nitrogens with one attached hydrogen (secondary N) is 2. The molecule has 1 atom stereocenters. The molecule has 1 heterocycles. The van der Waals surface area contributed by atoms with Crippen LogP contribution in [0.3, 0.4) is 0 Å². The van der Waals surface area contributed by atoms with Gasteiger partial charge in [-0.1, -0.05) is 43.0 Å². The first-order valence-electron chi connectivity index (χ1n) is 7.95. The number of aryl methyl sites for hydroxylation is 2. The molecule has 0 saturated carbocycles. The van der Waals surface area contributed by atoms with Gasteiger partial charge in [0, 0.05) is 11.7 Å². The van der Waals surface area contributed by atoms with E-state index in [-0.39, 0.29) is 11.9 Å². The minimum Gasteiger partial charge on any atom is -0.353 e. The van der Waals surface area contributed by atoms with E-state index < -0.39 is 0 Å². The van der Waals surface area contributed by atoms with Crippen LogP contribution in [0.5, 0.6) is 0 Å². The summed E-state index contributed by atoms with van der Waals surface area (Å²) < 4.78 is 0.786. The average molecular weight is 365 g/mol. The maximum atomic E-state index is 11.9. The Labute approximate surface area is 151 Å². The summed E-state index contributed by atoms with van der Waals surface area (Å²) in [5.41, 5.74) is 3.49. The molecular formula is C17H24N4OS2. The fraction of sp³-hybridized carbons (Fsp3) is 0.471. The Morgan fingerprint density at radius 3 is 2.62 bits per heavy atom. The molecule has 0 spiro atoms. The van der Waals surface area contributed by atoms with Crippen molar-refractivity contribution >= 4 is 39.8 Å². The fourth-order valence-electron chi connectivity index (χ4n) is 1.85. The van der Waals surface area contributed by atoms with Crippen molar-refractivity contribution < 1.29 is 4.79 Å². The fourth-order valence-corrected chi connectivity index (χ4v) is 3.43. The highest BCUT2D eigenvalue weighted by Gasteiger charge is 2.12. The lowest BCUT2D eigenvalue weighted by atomic mass is 10.1. The van der Waals surface area contributed by atoms with Gasteiger partial charge in [-0.05, 0) is 49.9 Å². The number of thioether (sulfide) groups is 1. The first-order chi connectivity index (χ1) is 11.3. The van der Waals surface area contributed by atoms with Gasteiger partial charge < -0.3 is 10.6 Å². The van der Waals surface area contributed by atoms with Crippen LogP contribution in [0.2, 0.25) is 0 Å². The Balaban J connectivity index is 1.86. The summed E-state index contributed by atoms with van der Waals surface area (Å²) in [4.78, 5) is 11.9. The van der Waals surface area contributed by atoms with E-state index in [1.54, 1.807) is 0 Å². The molecule has 0 bridgehead atoms. The molecule has 1 aromatic carbocycles. The smallest absolute Gasteiger partial charge is 0.230 e. The molecule has 0 radical (unpaired) electrons. The van der Waals surface area contributed by atoms with Gasteiger partial charge in [-0.15, -0.1) is 10.2 Å². The molecule has 2 N–H and O–H groups in total. The Hall–Kier alpha value is -1.60. The van der Waals surface area contributed by atoms with Crippen LogP contribution in [0.25, 0.3) is 0 Å². The van der Waals surface area contributed by atoms with Crippen LogP contribution in [0, 0.1) is 19.8 Å². The number of amides is 1. The van der Waals surface area contributed by atoms with E-state index in [1.165, 1.54) is 34.2 Å². The second-order valence-corrected chi connectivity index (χ2v) is 8.39. The van der Waals surface area contributed by atoms with Crippen LogP contribution in [-0.2, 0) is 4.79 Å². The summed E-state index contributed by atoms with van der Waals surface area (Å²) in [6.07, 6.45) is 0. The van der Waals surface area contributed by atoms with Gasteiger partial charge >= 0.3 is 0 Å². The molecule has 0 aliphatic carbocycles. The van der Waals surface area contributed by atoms with Gasteiger partial charge in [0.05, 0.1) is 5.75 Å². The molecule has 0 unspecified atom stereocenters. The number of carbonyl (C=O) groups excluding carboxylic acids is 1. The summed E-state index contributed by atoms with van der Waals surface area (Å²) in [6.45, 7) is 10.4. The van der Waals surface area contributed by atoms with Gasteiger partial charge in [-0.25, -0.2) is 0 Å². The molecule has 0 fully saturated rings. The van der Waals surface area contributed by atoms with Crippen LogP contribution < -0.4 is 10.6 Å². The van der Waals surface area contributed by atoms with Crippen LogP contribution in [-0.4, -0.2) is 27.9 Å². The Morgan fingerprint density at radius 2 is 1.96 bits per heavy atom. The van der Waals surface area contributed by atoms with Gasteiger partial charge in [-0.3, -0.25) is 4.79 Å². The quantitative estimate of drug-likeness (QED) is 0.723. The number of hydrogen-bond donors (Lipinski definition) is 2. The predicted octanol–water partition coefficient (Wildman–Crippen LogP) is 4.15. The van der Waals surface area contributed by atoms with Crippen molar-refractivity contribution in [3.8, 4) is 0 Å². The van der Waals surface area contributed by atoms with Gasteiger partial charge in [0.15, 0.2) is 4.34 Å². The summed E-state index contributed by atoms with van der Waals surface area (Å²) in [5.74, 6) is 0.810. The van der Waals surface area contributed by atoms with Gasteiger partial charge in [-0.2, -0.15) is 0 Å².